The van der Waals surface area contributed by atoms with Crippen LogP contribution >= 0.6 is 0 Å². The van der Waals surface area contributed by atoms with Gasteiger partial charge >= 0.3 is 8.80 Å². The second-order valence-electron chi connectivity index (χ2n) is 10.1. The Balaban J connectivity index is 0. The minimum atomic E-state index is -2.44. The molecule has 196 valence electrons. The molecular weight excluding hydrogens is 438 g/mol. The third kappa shape index (κ3) is 19.8. The highest BCUT2D eigenvalue weighted by Gasteiger charge is 2.39. The highest BCUT2D eigenvalue weighted by Crippen LogP contribution is 2.17. The van der Waals surface area contributed by atoms with Crippen molar-refractivity contribution in [1.82, 2.24) is 0 Å². The Labute approximate surface area is 209 Å². The lowest BCUT2D eigenvalue weighted by atomic mass is 10.0. The molecule has 0 aromatic rings. The third-order valence-electron chi connectivity index (χ3n) is 6.82. The molecule has 0 spiro atoms. The van der Waals surface area contributed by atoms with Gasteiger partial charge in [0, 0.05) is 21.3 Å². The van der Waals surface area contributed by atoms with Crippen molar-refractivity contribution in [2.45, 2.75) is 122 Å². The minimum Gasteiger partial charge on any atom is -1.00 e. The normalized spacial score (nSPS) is 12.2. The number of halogens is 1. The van der Waals surface area contributed by atoms with Crippen molar-refractivity contribution in [3.8, 4) is 0 Å². The molecule has 6 heteroatoms. The molecule has 0 bridgehead atoms. The molecule has 0 amide bonds. The Morgan fingerprint density at radius 2 is 0.812 bits per heavy atom. The predicted molar refractivity (Wildman–Crippen MR) is 138 cm³/mol. The van der Waals surface area contributed by atoms with E-state index < -0.39 is 8.80 Å². The first-order chi connectivity index (χ1) is 14.9. The molecule has 0 atom stereocenters. The number of nitrogens with zero attached hydrogens (tertiary/aromatic N) is 1. The second-order valence-corrected chi connectivity index (χ2v) is 13.2. The summed E-state index contributed by atoms with van der Waals surface area (Å²) < 4.78 is 17.7. The lowest BCUT2D eigenvalue weighted by Crippen LogP contribution is -3.00. The average molecular weight is 496 g/mol. The Hall–Kier alpha value is 0.347. The van der Waals surface area contributed by atoms with Gasteiger partial charge in [-0.3, -0.25) is 0 Å². The lowest BCUT2D eigenvalue weighted by molar-refractivity contribution is -0.888. The van der Waals surface area contributed by atoms with Gasteiger partial charge in [-0.25, -0.2) is 0 Å². The molecule has 0 saturated heterocycles. The van der Waals surface area contributed by atoms with Gasteiger partial charge in [0.05, 0.1) is 33.2 Å². The molecule has 0 N–H and O–H groups in total. The first kappa shape index (κ1) is 34.5. The van der Waals surface area contributed by atoms with E-state index in [1.165, 1.54) is 116 Å². The summed E-state index contributed by atoms with van der Waals surface area (Å²) in [6.45, 7) is 4.56. The van der Waals surface area contributed by atoms with Crippen molar-refractivity contribution in [3.05, 3.63) is 0 Å². The summed E-state index contributed by atoms with van der Waals surface area (Å²) >= 11 is 0. The zero-order valence-electron chi connectivity index (χ0n) is 22.7. The van der Waals surface area contributed by atoms with Crippen LogP contribution in [0.5, 0.6) is 0 Å². The van der Waals surface area contributed by atoms with Gasteiger partial charge in [-0.1, -0.05) is 103 Å². The molecule has 0 aromatic heterocycles. The summed E-state index contributed by atoms with van der Waals surface area (Å²) in [5.74, 6) is 0. The number of quaternary nitrogens is 1. The molecule has 0 saturated carbocycles. The number of hydrogen-bond donors (Lipinski definition) is 0. The van der Waals surface area contributed by atoms with Crippen LogP contribution in [0.15, 0.2) is 0 Å². The Morgan fingerprint density at radius 3 is 1.12 bits per heavy atom. The van der Waals surface area contributed by atoms with Crippen molar-refractivity contribution in [2.24, 2.45) is 0 Å². The molecule has 0 aliphatic heterocycles. The van der Waals surface area contributed by atoms with Crippen molar-refractivity contribution in [3.63, 3.8) is 0 Å². The maximum absolute atomic E-state index is 5.55. The zero-order valence-corrected chi connectivity index (χ0v) is 24.4. The quantitative estimate of drug-likeness (QED) is 0.111. The first-order valence-corrected chi connectivity index (χ1v) is 15.4. The SMILES string of the molecule is CCCCCCCCCCCCCCCCCCC[N+](C)(C)CC[Si](OC)(OC)OC.[Cl-]. The van der Waals surface area contributed by atoms with Crippen LogP contribution in [0.2, 0.25) is 6.04 Å². The highest BCUT2D eigenvalue weighted by atomic mass is 35.5. The van der Waals surface area contributed by atoms with Crippen molar-refractivity contribution in [2.75, 3.05) is 48.5 Å². The van der Waals surface area contributed by atoms with E-state index in [0.29, 0.717) is 0 Å². The fraction of sp³-hybridized carbons (Fsp3) is 1.00. The summed E-state index contributed by atoms with van der Waals surface area (Å²) in [4.78, 5) is 0. The van der Waals surface area contributed by atoms with Gasteiger partial charge in [-0.05, 0) is 12.8 Å². The van der Waals surface area contributed by atoms with E-state index in [1.807, 2.05) is 0 Å². The van der Waals surface area contributed by atoms with Gasteiger partial charge in [0.1, 0.15) is 0 Å². The minimum absolute atomic E-state index is 0. The third-order valence-corrected chi connectivity index (χ3v) is 9.53. The molecule has 0 aromatic carbocycles. The van der Waals surface area contributed by atoms with Crippen LogP contribution in [0, 0.1) is 0 Å². The Kier molecular flexibility index (Phi) is 24.9. The van der Waals surface area contributed by atoms with Crippen LogP contribution in [0.4, 0.5) is 0 Å². The van der Waals surface area contributed by atoms with Crippen LogP contribution in [0.25, 0.3) is 0 Å². The molecule has 0 fully saturated rings. The largest absolute Gasteiger partial charge is 1.00 e. The standard InChI is InChI=1S/C26H58NO3Si.ClH/c1-7-8-9-10-11-12-13-14-15-16-17-18-19-20-21-22-23-24-27(2,3)25-26-31(28-4,29-5)30-6;/h7-26H2,1-6H3;1H/q+1;/p-1. The topological polar surface area (TPSA) is 27.7 Å². The van der Waals surface area contributed by atoms with Crippen molar-refractivity contribution >= 4 is 8.80 Å². The van der Waals surface area contributed by atoms with Gasteiger partial charge in [-0.2, -0.15) is 0 Å². The smallest absolute Gasteiger partial charge is 0.505 e. The summed E-state index contributed by atoms with van der Waals surface area (Å²) in [7, 11) is 7.30. The van der Waals surface area contributed by atoms with Gasteiger partial charge in [0.2, 0.25) is 0 Å². The van der Waals surface area contributed by atoms with Crippen LogP contribution in [-0.4, -0.2) is 61.8 Å². The van der Waals surface area contributed by atoms with E-state index in [2.05, 4.69) is 21.0 Å². The van der Waals surface area contributed by atoms with E-state index in [1.54, 1.807) is 21.3 Å². The predicted octanol–water partition coefficient (Wildman–Crippen LogP) is 4.60. The maximum atomic E-state index is 5.55. The maximum Gasteiger partial charge on any atom is 0.505 e. The molecule has 0 radical (unpaired) electrons. The second kappa shape index (κ2) is 23.1. The lowest BCUT2D eigenvalue weighted by Gasteiger charge is -2.33. The van der Waals surface area contributed by atoms with Crippen LogP contribution in [0.3, 0.4) is 0 Å². The number of rotatable bonds is 24. The van der Waals surface area contributed by atoms with E-state index in [-0.39, 0.29) is 12.4 Å². The first-order valence-electron chi connectivity index (χ1n) is 13.4. The molecule has 32 heavy (non-hydrogen) atoms. The number of hydrogen-bond acceptors (Lipinski definition) is 3. The van der Waals surface area contributed by atoms with Gasteiger partial charge in [-0.15, -0.1) is 0 Å². The summed E-state index contributed by atoms with van der Waals surface area (Å²) in [5.41, 5.74) is 0. The molecule has 0 aliphatic rings. The summed E-state index contributed by atoms with van der Waals surface area (Å²) in [6, 6.07) is 0.877. The molecule has 0 unspecified atom stereocenters. The average Bonchev–Trinajstić information content (AvgIpc) is 2.77. The van der Waals surface area contributed by atoms with E-state index >= 15 is 0 Å². The monoisotopic (exact) mass is 495 g/mol. The fourth-order valence-corrected chi connectivity index (χ4v) is 6.36. The fourth-order valence-electron chi connectivity index (χ4n) is 4.37. The zero-order chi connectivity index (χ0) is 23.3. The molecule has 4 nitrogen and oxygen atoms in total. The molecular formula is C26H58ClNO3Si. The summed E-state index contributed by atoms with van der Waals surface area (Å²) in [6.07, 6.45) is 24.3. The summed E-state index contributed by atoms with van der Waals surface area (Å²) in [5, 5.41) is 0. The molecule has 0 heterocycles. The van der Waals surface area contributed by atoms with Crippen molar-refractivity contribution in [1.29, 1.82) is 0 Å². The van der Waals surface area contributed by atoms with E-state index in [9.17, 15) is 0 Å². The van der Waals surface area contributed by atoms with Crippen LogP contribution < -0.4 is 12.4 Å². The van der Waals surface area contributed by atoms with Gasteiger partial charge in [0.25, 0.3) is 0 Å². The molecule has 0 rings (SSSR count). The van der Waals surface area contributed by atoms with Crippen molar-refractivity contribution < 1.29 is 30.2 Å². The van der Waals surface area contributed by atoms with Gasteiger partial charge in [0.15, 0.2) is 0 Å². The Morgan fingerprint density at radius 1 is 0.500 bits per heavy atom. The Bertz CT molecular complexity index is 374. The van der Waals surface area contributed by atoms with Gasteiger partial charge < -0.3 is 30.2 Å². The molecule has 0 aliphatic carbocycles. The number of unbranched alkanes of at least 4 members (excludes halogenated alkanes) is 16. The highest BCUT2D eigenvalue weighted by molar-refractivity contribution is 6.60. The van der Waals surface area contributed by atoms with E-state index in [0.717, 1.165) is 17.1 Å². The van der Waals surface area contributed by atoms with Crippen LogP contribution in [0.1, 0.15) is 116 Å². The van der Waals surface area contributed by atoms with Crippen LogP contribution in [-0.2, 0) is 13.3 Å². The van der Waals surface area contributed by atoms with E-state index in [4.69, 9.17) is 13.3 Å².